The zero-order valence-corrected chi connectivity index (χ0v) is 15.0. The second-order valence-corrected chi connectivity index (χ2v) is 7.24. The van der Waals surface area contributed by atoms with Crippen LogP contribution in [0, 0.1) is 13.8 Å². The van der Waals surface area contributed by atoms with Crippen molar-refractivity contribution < 1.29 is 4.79 Å². The largest absolute Gasteiger partial charge is 0.353 e. The number of aryl methyl sites for hydroxylation is 2. The van der Waals surface area contributed by atoms with Crippen molar-refractivity contribution >= 4 is 17.7 Å². The first-order valence-electron chi connectivity index (χ1n) is 8.39. The third-order valence-electron chi connectivity index (χ3n) is 4.18. The Bertz CT molecular complexity index is 709. The lowest BCUT2D eigenvalue weighted by molar-refractivity contribution is -0.119. The lowest BCUT2D eigenvalue weighted by Gasteiger charge is -2.22. The van der Waals surface area contributed by atoms with Crippen molar-refractivity contribution in [2.24, 2.45) is 0 Å². The van der Waals surface area contributed by atoms with E-state index in [4.69, 9.17) is 0 Å². The van der Waals surface area contributed by atoms with Gasteiger partial charge in [-0.2, -0.15) is 5.10 Å². The maximum Gasteiger partial charge on any atom is 0.230 e. The van der Waals surface area contributed by atoms with Crippen LogP contribution in [0.15, 0.2) is 23.5 Å². The summed E-state index contributed by atoms with van der Waals surface area (Å²) in [6, 6.07) is 4.23. The minimum Gasteiger partial charge on any atom is -0.353 e. The topological polar surface area (TPSA) is 72.7 Å². The van der Waals surface area contributed by atoms with Gasteiger partial charge in [-0.25, -0.2) is 14.6 Å². The Morgan fingerprint density at radius 1 is 1.25 bits per heavy atom. The number of carbonyl (C=O) groups is 1. The molecule has 0 unspecified atom stereocenters. The molecule has 0 aliphatic heterocycles. The van der Waals surface area contributed by atoms with E-state index < -0.39 is 0 Å². The SMILES string of the molecule is Cc1cc(C)n(-c2cc(SCC(=O)NC3CCCCC3)ncn2)n1. The standard InChI is InChI=1S/C17H23N5OS/c1-12-8-13(2)22(21-12)15-9-17(19-11-18-15)24-10-16(23)20-14-6-4-3-5-7-14/h8-9,11,14H,3-7,10H2,1-2H3,(H,20,23). The fraction of sp³-hybridized carbons (Fsp3) is 0.529. The number of aromatic nitrogens is 4. The quantitative estimate of drug-likeness (QED) is 0.666. The second kappa shape index (κ2) is 7.79. The Hall–Kier alpha value is -1.89. The highest BCUT2D eigenvalue weighted by Crippen LogP contribution is 2.20. The highest BCUT2D eigenvalue weighted by molar-refractivity contribution is 7.99. The molecule has 0 bridgehead atoms. The van der Waals surface area contributed by atoms with E-state index >= 15 is 0 Å². The average molecular weight is 345 g/mol. The molecule has 1 fully saturated rings. The summed E-state index contributed by atoms with van der Waals surface area (Å²) in [6.45, 7) is 3.95. The van der Waals surface area contributed by atoms with E-state index in [0.717, 1.165) is 35.1 Å². The van der Waals surface area contributed by atoms with E-state index in [0.29, 0.717) is 11.8 Å². The van der Waals surface area contributed by atoms with Gasteiger partial charge in [0, 0.05) is 17.8 Å². The molecule has 2 aromatic heterocycles. The highest BCUT2D eigenvalue weighted by atomic mass is 32.2. The average Bonchev–Trinajstić information content (AvgIpc) is 2.93. The molecule has 0 atom stereocenters. The van der Waals surface area contributed by atoms with Crippen LogP contribution in [-0.4, -0.2) is 37.5 Å². The number of nitrogens with one attached hydrogen (secondary N) is 1. The maximum atomic E-state index is 12.1. The smallest absolute Gasteiger partial charge is 0.230 e. The van der Waals surface area contributed by atoms with Gasteiger partial charge in [0.25, 0.3) is 0 Å². The zero-order valence-electron chi connectivity index (χ0n) is 14.2. The third-order valence-corrected chi connectivity index (χ3v) is 5.10. The number of hydrogen-bond donors (Lipinski definition) is 1. The Morgan fingerprint density at radius 2 is 2.04 bits per heavy atom. The van der Waals surface area contributed by atoms with Gasteiger partial charge < -0.3 is 5.32 Å². The summed E-state index contributed by atoms with van der Waals surface area (Å²) >= 11 is 1.43. The van der Waals surface area contributed by atoms with E-state index in [1.54, 1.807) is 4.68 Å². The molecule has 128 valence electrons. The Balaban J connectivity index is 1.58. The van der Waals surface area contributed by atoms with E-state index in [2.05, 4.69) is 20.4 Å². The van der Waals surface area contributed by atoms with E-state index in [1.165, 1.54) is 37.4 Å². The van der Waals surface area contributed by atoms with Crippen molar-refractivity contribution in [3.8, 4) is 5.82 Å². The molecule has 0 saturated heterocycles. The van der Waals surface area contributed by atoms with E-state index in [1.807, 2.05) is 26.0 Å². The van der Waals surface area contributed by atoms with Gasteiger partial charge in [0.1, 0.15) is 11.4 Å². The summed E-state index contributed by atoms with van der Waals surface area (Å²) < 4.78 is 1.79. The molecule has 1 N–H and O–H groups in total. The van der Waals surface area contributed by atoms with Crippen LogP contribution >= 0.6 is 11.8 Å². The van der Waals surface area contributed by atoms with Crippen LogP contribution in [0.4, 0.5) is 0 Å². The number of rotatable bonds is 5. The van der Waals surface area contributed by atoms with Crippen LogP contribution in [0.5, 0.6) is 0 Å². The molecule has 0 aromatic carbocycles. The first-order chi connectivity index (χ1) is 11.6. The van der Waals surface area contributed by atoms with Crippen LogP contribution in [0.1, 0.15) is 43.5 Å². The molecule has 0 radical (unpaired) electrons. The van der Waals surface area contributed by atoms with Gasteiger partial charge >= 0.3 is 0 Å². The Labute approximate surface area is 146 Å². The van der Waals surface area contributed by atoms with Crippen molar-refractivity contribution in [1.29, 1.82) is 0 Å². The Kier molecular flexibility index (Phi) is 5.50. The van der Waals surface area contributed by atoms with Gasteiger partial charge in [0.05, 0.1) is 11.4 Å². The fourth-order valence-electron chi connectivity index (χ4n) is 3.04. The van der Waals surface area contributed by atoms with Gasteiger partial charge in [-0.15, -0.1) is 0 Å². The molecular formula is C17H23N5OS. The first kappa shape index (κ1) is 17.0. The third kappa shape index (κ3) is 4.35. The molecule has 2 heterocycles. The molecule has 1 saturated carbocycles. The van der Waals surface area contributed by atoms with E-state index in [-0.39, 0.29) is 5.91 Å². The van der Waals surface area contributed by atoms with Crippen molar-refractivity contribution in [1.82, 2.24) is 25.1 Å². The molecule has 24 heavy (non-hydrogen) atoms. The summed E-state index contributed by atoms with van der Waals surface area (Å²) in [6.07, 6.45) is 7.45. The van der Waals surface area contributed by atoms with Crippen LogP contribution in [-0.2, 0) is 4.79 Å². The van der Waals surface area contributed by atoms with Gasteiger partial charge in [-0.3, -0.25) is 4.79 Å². The number of carbonyl (C=O) groups excluding carboxylic acids is 1. The molecular weight excluding hydrogens is 322 g/mol. The Morgan fingerprint density at radius 3 is 2.75 bits per heavy atom. The number of nitrogens with zero attached hydrogens (tertiary/aromatic N) is 4. The first-order valence-corrected chi connectivity index (χ1v) is 9.38. The minimum atomic E-state index is 0.0816. The second-order valence-electron chi connectivity index (χ2n) is 6.24. The molecule has 6 nitrogen and oxygen atoms in total. The highest BCUT2D eigenvalue weighted by Gasteiger charge is 2.16. The number of amides is 1. The molecule has 7 heteroatoms. The predicted octanol–water partition coefficient (Wildman–Crippen LogP) is 2.82. The zero-order chi connectivity index (χ0) is 16.9. The summed E-state index contributed by atoms with van der Waals surface area (Å²) in [5.74, 6) is 1.19. The monoisotopic (exact) mass is 345 g/mol. The van der Waals surface area contributed by atoms with Gasteiger partial charge in [-0.05, 0) is 32.8 Å². The van der Waals surface area contributed by atoms with E-state index in [9.17, 15) is 4.79 Å². The fourth-order valence-corrected chi connectivity index (χ4v) is 3.71. The minimum absolute atomic E-state index is 0.0816. The number of hydrogen-bond acceptors (Lipinski definition) is 5. The van der Waals surface area contributed by atoms with Crippen molar-refractivity contribution in [2.75, 3.05) is 5.75 Å². The van der Waals surface area contributed by atoms with Gasteiger partial charge in [0.2, 0.25) is 5.91 Å². The van der Waals surface area contributed by atoms with Gasteiger partial charge in [-0.1, -0.05) is 31.0 Å². The summed E-state index contributed by atoms with van der Waals surface area (Å²) in [5, 5.41) is 8.34. The summed E-state index contributed by atoms with van der Waals surface area (Å²) in [5.41, 5.74) is 1.98. The number of thioether (sulfide) groups is 1. The molecule has 1 aliphatic rings. The molecule has 1 aliphatic carbocycles. The van der Waals surface area contributed by atoms with Crippen molar-refractivity contribution in [3.63, 3.8) is 0 Å². The van der Waals surface area contributed by atoms with Crippen LogP contribution in [0.2, 0.25) is 0 Å². The van der Waals surface area contributed by atoms with Crippen molar-refractivity contribution in [2.45, 2.75) is 57.0 Å². The normalized spacial score (nSPS) is 15.4. The molecule has 2 aromatic rings. The lowest BCUT2D eigenvalue weighted by Crippen LogP contribution is -2.37. The molecule has 1 amide bonds. The molecule has 3 rings (SSSR count). The summed E-state index contributed by atoms with van der Waals surface area (Å²) in [7, 11) is 0. The predicted molar refractivity (Wildman–Crippen MR) is 94.4 cm³/mol. The summed E-state index contributed by atoms with van der Waals surface area (Å²) in [4.78, 5) is 20.6. The maximum absolute atomic E-state index is 12.1. The van der Waals surface area contributed by atoms with Crippen LogP contribution in [0.25, 0.3) is 5.82 Å². The molecule has 0 spiro atoms. The van der Waals surface area contributed by atoms with Gasteiger partial charge in [0.15, 0.2) is 5.82 Å². The van der Waals surface area contributed by atoms with Crippen molar-refractivity contribution in [3.05, 3.63) is 29.8 Å². The lowest BCUT2D eigenvalue weighted by atomic mass is 9.95. The van der Waals surface area contributed by atoms with Crippen LogP contribution < -0.4 is 5.32 Å². The van der Waals surface area contributed by atoms with Crippen LogP contribution in [0.3, 0.4) is 0 Å².